The average molecular weight is 266 g/mol. The first-order chi connectivity index (χ1) is 8.53. The smallest absolute Gasteiger partial charge is 0.263 e. The SMILES string of the molecule is Cc1ncccc1NS(=O)(=O)c1c[nH]c(CN)c1. The van der Waals surface area contributed by atoms with Gasteiger partial charge in [0, 0.05) is 24.6 Å². The van der Waals surface area contributed by atoms with Gasteiger partial charge in [-0.1, -0.05) is 0 Å². The molecule has 2 aromatic rings. The van der Waals surface area contributed by atoms with Gasteiger partial charge in [-0.15, -0.1) is 0 Å². The van der Waals surface area contributed by atoms with Gasteiger partial charge in [0.2, 0.25) is 0 Å². The Hall–Kier alpha value is -1.86. The summed E-state index contributed by atoms with van der Waals surface area (Å²) in [6.45, 7) is 2.00. The molecule has 0 amide bonds. The Morgan fingerprint density at radius 2 is 2.28 bits per heavy atom. The Morgan fingerprint density at radius 1 is 1.50 bits per heavy atom. The molecule has 0 saturated carbocycles. The predicted octanol–water partition coefficient (Wildman–Crippen LogP) is 0.978. The first-order valence-electron chi connectivity index (χ1n) is 5.35. The summed E-state index contributed by atoms with van der Waals surface area (Å²) in [5.74, 6) is 0. The van der Waals surface area contributed by atoms with Crippen LogP contribution in [-0.2, 0) is 16.6 Å². The van der Waals surface area contributed by atoms with E-state index in [2.05, 4.69) is 14.7 Å². The molecule has 0 saturated heterocycles. The molecule has 4 N–H and O–H groups in total. The lowest BCUT2D eigenvalue weighted by Gasteiger charge is -2.07. The van der Waals surface area contributed by atoms with Crippen molar-refractivity contribution in [2.24, 2.45) is 5.73 Å². The van der Waals surface area contributed by atoms with E-state index in [1.165, 1.54) is 12.3 Å². The number of nitrogens with one attached hydrogen (secondary N) is 2. The van der Waals surface area contributed by atoms with E-state index in [-0.39, 0.29) is 11.4 Å². The van der Waals surface area contributed by atoms with Crippen LogP contribution >= 0.6 is 0 Å². The summed E-state index contributed by atoms with van der Waals surface area (Å²) < 4.78 is 26.7. The Labute approximate surface area is 105 Å². The highest BCUT2D eigenvalue weighted by Crippen LogP contribution is 2.18. The normalized spacial score (nSPS) is 11.4. The maximum absolute atomic E-state index is 12.1. The number of H-pyrrole nitrogens is 1. The molecule has 7 heteroatoms. The van der Waals surface area contributed by atoms with E-state index in [0.29, 0.717) is 17.1 Å². The standard InChI is InChI=1S/C11H14N4O2S/c1-8-11(3-2-4-13-8)15-18(16,17)10-5-9(6-12)14-7-10/h2-5,7,14-15H,6,12H2,1H3. The van der Waals surface area contributed by atoms with Crippen molar-refractivity contribution in [2.75, 3.05) is 4.72 Å². The van der Waals surface area contributed by atoms with Crippen LogP contribution in [0.2, 0.25) is 0 Å². The second-order valence-electron chi connectivity index (χ2n) is 3.81. The van der Waals surface area contributed by atoms with Crippen molar-refractivity contribution in [1.29, 1.82) is 0 Å². The molecular weight excluding hydrogens is 252 g/mol. The molecule has 96 valence electrons. The van der Waals surface area contributed by atoms with Crippen molar-refractivity contribution < 1.29 is 8.42 Å². The lowest BCUT2D eigenvalue weighted by atomic mass is 10.3. The van der Waals surface area contributed by atoms with Gasteiger partial charge in [0.15, 0.2) is 0 Å². The van der Waals surface area contributed by atoms with Crippen molar-refractivity contribution in [3.8, 4) is 0 Å². The molecule has 0 aliphatic rings. The Balaban J connectivity index is 2.30. The quantitative estimate of drug-likeness (QED) is 0.767. The summed E-state index contributed by atoms with van der Waals surface area (Å²) in [5.41, 5.74) is 7.18. The number of aryl methyl sites for hydroxylation is 1. The number of nitrogens with two attached hydrogens (primary N) is 1. The first kappa shape index (κ1) is 12.6. The van der Waals surface area contributed by atoms with E-state index >= 15 is 0 Å². The molecule has 0 aliphatic heterocycles. The van der Waals surface area contributed by atoms with Crippen molar-refractivity contribution in [3.05, 3.63) is 42.0 Å². The maximum Gasteiger partial charge on any atom is 0.263 e. The second-order valence-corrected chi connectivity index (χ2v) is 5.49. The lowest BCUT2D eigenvalue weighted by Crippen LogP contribution is -2.13. The van der Waals surface area contributed by atoms with Gasteiger partial charge in [0.1, 0.15) is 4.90 Å². The van der Waals surface area contributed by atoms with E-state index in [1.807, 2.05) is 0 Å². The number of sulfonamides is 1. The van der Waals surface area contributed by atoms with E-state index in [9.17, 15) is 8.42 Å². The molecule has 0 aromatic carbocycles. The predicted molar refractivity (Wildman–Crippen MR) is 68.5 cm³/mol. The van der Waals surface area contributed by atoms with Gasteiger partial charge in [-0.3, -0.25) is 9.71 Å². The van der Waals surface area contributed by atoms with Gasteiger partial charge < -0.3 is 10.7 Å². The zero-order valence-electron chi connectivity index (χ0n) is 9.84. The number of aromatic amines is 1. The Morgan fingerprint density at radius 3 is 2.89 bits per heavy atom. The fraction of sp³-hybridized carbons (Fsp3) is 0.182. The molecule has 2 heterocycles. The average Bonchev–Trinajstić information content (AvgIpc) is 2.81. The highest BCUT2D eigenvalue weighted by Gasteiger charge is 2.16. The number of anilines is 1. The third-order valence-electron chi connectivity index (χ3n) is 2.50. The number of nitrogens with zero attached hydrogens (tertiary/aromatic N) is 1. The molecule has 0 aliphatic carbocycles. The molecule has 2 aromatic heterocycles. The van der Waals surface area contributed by atoms with E-state index in [1.54, 1.807) is 25.3 Å². The Kier molecular flexibility index (Phi) is 3.35. The molecule has 0 atom stereocenters. The third kappa shape index (κ3) is 2.52. The topological polar surface area (TPSA) is 101 Å². The van der Waals surface area contributed by atoms with Crippen LogP contribution < -0.4 is 10.5 Å². The molecule has 0 spiro atoms. The Bertz CT molecular complexity index is 649. The minimum atomic E-state index is -3.60. The monoisotopic (exact) mass is 266 g/mol. The summed E-state index contributed by atoms with van der Waals surface area (Å²) in [7, 11) is -3.60. The van der Waals surface area contributed by atoms with Crippen LogP contribution in [0.1, 0.15) is 11.4 Å². The maximum atomic E-state index is 12.1. The number of rotatable bonds is 4. The molecule has 0 radical (unpaired) electrons. The van der Waals surface area contributed by atoms with Crippen LogP contribution in [0, 0.1) is 6.92 Å². The molecule has 0 unspecified atom stereocenters. The van der Waals surface area contributed by atoms with Gasteiger partial charge >= 0.3 is 0 Å². The highest BCUT2D eigenvalue weighted by molar-refractivity contribution is 7.92. The van der Waals surface area contributed by atoms with Gasteiger partial charge in [-0.2, -0.15) is 0 Å². The van der Waals surface area contributed by atoms with Gasteiger partial charge in [0.25, 0.3) is 10.0 Å². The fourth-order valence-electron chi connectivity index (χ4n) is 1.49. The summed E-state index contributed by atoms with van der Waals surface area (Å²) in [5, 5.41) is 0. The van der Waals surface area contributed by atoms with Gasteiger partial charge in [-0.05, 0) is 25.1 Å². The summed E-state index contributed by atoms with van der Waals surface area (Å²) in [6, 6.07) is 4.84. The fourth-order valence-corrected chi connectivity index (χ4v) is 2.62. The summed E-state index contributed by atoms with van der Waals surface area (Å²) >= 11 is 0. The molecule has 0 fully saturated rings. The van der Waals surface area contributed by atoms with Crippen molar-refractivity contribution in [2.45, 2.75) is 18.4 Å². The van der Waals surface area contributed by atoms with Crippen molar-refractivity contribution in [1.82, 2.24) is 9.97 Å². The molecule has 18 heavy (non-hydrogen) atoms. The second kappa shape index (κ2) is 4.79. The van der Waals surface area contributed by atoms with Crippen LogP contribution in [0.3, 0.4) is 0 Å². The van der Waals surface area contributed by atoms with Crippen LogP contribution in [0.15, 0.2) is 35.5 Å². The largest absolute Gasteiger partial charge is 0.363 e. The summed E-state index contributed by atoms with van der Waals surface area (Å²) in [6.07, 6.45) is 3.02. The molecule has 2 rings (SSSR count). The lowest BCUT2D eigenvalue weighted by molar-refractivity contribution is 0.601. The van der Waals surface area contributed by atoms with Crippen molar-refractivity contribution in [3.63, 3.8) is 0 Å². The van der Waals surface area contributed by atoms with Crippen LogP contribution in [0.25, 0.3) is 0 Å². The molecule has 0 bridgehead atoms. The highest BCUT2D eigenvalue weighted by atomic mass is 32.2. The number of hydrogen-bond donors (Lipinski definition) is 3. The van der Waals surface area contributed by atoms with Crippen LogP contribution in [-0.4, -0.2) is 18.4 Å². The number of hydrogen-bond acceptors (Lipinski definition) is 4. The first-order valence-corrected chi connectivity index (χ1v) is 6.83. The van der Waals surface area contributed by atoms with E-state index in [0.717, 1.165) is 0 Å². The van der Waals surface area contributed by atoms with Gasteiger partial charge in [-0.25, -0.2) is 8.42 Å². The zero-order chi connectivity index (χ0) is 13.2. The summed E-state index contributed by atoms with van der Waals surface area (Å²) in [4.78, 5) is 6.98. The minimum absolute atomic E-state index is 0.159. The molecule has 6 nitrogen and oxygen atoms in total. The zero-order valence-corrected chi connectivity index (χ0v) is 10.7. The van der Waals surface area contributed by atoms with Crippen LogP contribution in [0.5, 0.6) is 0 Å². The van der Waals surface area contributed by atoms with Crippen molar-refractivity contribution >= 4 is 15.7 Å². The minimum Gasteiger partial charge on any atom is -0.363 e. The van der Waals surface area contributed by atoms with E-state index in [4.69, 9.17) is 5.73 Å². The third-order valence-corrected chi connectivity index (χ3v) is 3.84. The number of aromatic nitrogens is 2. The van der Waals surface area contributed by atoms with E-state index < -0.39 is 10.0 Å². The van der Waals surface area contributed by atoms with Gasteiger partial charge in [0.05, 0.1) is 11.4 Å². The number of pyridine rings is 1. The molecular formula is C11H14N4O2S. The van der Waals surface area contributed by atoms with Crippen LogP contribution in [0.4, 0.5) is 5.69 Å².